The maximum absolute atomic E-state index is 10.6. The molecule has 0 aliphatic carbocycles. The summed E-state index contributed by atoms with van der Waals surface area (Å²) in [7, 11) is 0. The third-order valence-corrected chi connectivity index (χ3v) is 2.24. The number of halogens is 1. The number of carboxylic acids is 2. The lowest BCUT2D eigenvalue weighted by Gasteiger charge is -2.13. The van der Waals surface area contributed by atoms with E-state index in [1.807, 2.05) is 0 Å². The summed E-state index contributed by atoms with van der Waals surface area (Å²) >= 11 is 2.99. The van der Waals surface area contributed by atoms with Gasteiger partial charge in [0.2, 0.25) is 0 Å². The second-order valence-electron chi connectivity index (χ2n) is 2.90. The van der Waals surface area contributed by atoms with Crippen molar-refractivity contribution in [1.29, 1.82) is 0 Å². The minimum Gasteiger partial charge on any atom is -0.480 e. The van der Waals surface area contributed by atoms with Crippen molar-refractivity contribution in [1.82, 2.24) is 0 Å². The van der Waals surface area contributed by atoms with Gasteiger partial charge in [0.1, 0.15) is 4.32 Å². The van der Waals surface area contributed by atoms with Crippen molar-refractivity contribution < 1.29 is 19.8 Å². The van der Waals surface area contributed by atoms with Crippen LogP contribution in [0.5, 0.6) is 0 Å². The molecule has 0 aromatic rings. The molecule has 0 bridgehead atoms. The van der Waals surface area contributed by atoms with E-state index in [9.17, 15) is 9.59 Å². The molecule has 0 spiro atoms. The highest BCUT2D eigenvalue weighted by molar-refractivity contribution is 9.10. The molecule has 0 saturated heterocycles. The van der Waals surface area contributed by atoms with Gasteiger partial charge in [-0.2, -0.15) is 0 Å². The third kappa shape index (κ3) is 4.07. The topological polar surface area (TPSA) is 74.6 Å². The quantitative estimate of drug-likeness (QED) is 0.588. The highest BCUT2D eigenvalue weighted by Gasteiger charge is 2.28. The zero-order valence-corrected chi connectivity index (χ0v) is 8.96. The minimum absolute atomic E-state index is 0.139. The molecule has 1 unspecified atom stereocenters. The highest BCUT2D eigenvalue weighted by atomic mass is 79.9. The molecule has 1 atom stereocenters. The zero-order valence-electron chi connectivity index (χ0n) is 7.37. The van der Waals surface area contributed by atoms with Crippen molar-refractivity contribution >= 4 is 27.9 Å². The Balaban J connectivity index is 4.39. The van der Waals surface area contributed by atoms with Gasteiger partial charge in [-0.05, 0) is 20.3 Å². The Morgan fingerprint density at radius 2 is 1.92 bits per heavy atom. The van der Waals surface area contributed by atoms with Gasteiger partial charge in [0.25, 0.3) is 0 Å². The normalized spacial score (nSPS) is 16.4. The number of alkyl halides is 1. The van der Waals surface area contributed by atoms with Crippen molar-refractivity contribution in [2.24, 2.45) is 0 Å². The Hall–Kier alpha value is -0.840. The van der Waals surface area contributed by atoms with E-state index in [4.69, 9.17) is 10.2 Å². The fourth-order valence-corrected chi connectivity index (χ4v) is 0.681. The second kappa shape index (κ2) is 4.41. The van der Waals surface area contributed by atoms with E-state index >= 15 is 0 Å². The van der Waals surface area contributed by atoms with Crippen molar-refractivity contribution in [2.45, 2.75) is 24.6 Å². The Labute approximate surface area is 84.4 Å². The smallest absolute Gasteiger partial charge is 0.330 e. The van der Waals surface area contributed by atoms with Crippen molar-refractivity contribution in [3.63, 3.8) is 0 Å². The average molecular weight is 251 g/mol. The third-order valence-electron chi connectivity index (χ3n) is 1.57. The van der Waals surface area contributed by atoms with Crippen LogP contribution in [0.15, 0.2) is 11.6 Å². The number of carboxylic acid groups (broad SMARTS) is 2. The van der Waals surface area contributed by atoms with Crippen molar-refractivity contribution in [2.75, 3.05) is 0 Å². The summed E-state index contributed by atoms with van der Waals surface area (Å²) in [5.41, 5.74) is 0.145. The lowest BCUT2D eigenvalue weighted by molar-refractivity contribution is -0.139. The molecular formula is C8H11BrO4. The molecule has 5 heteroatoms. The molecular weight excluding hydrogens is 240 g/mol. The summed E-state index contributed by atoms with van der Waals surface area (Å²) in [6.07, 6.45) is 1.52. The summed E-state index contributed by atoms with van der Waals surface area (Å²) in [5.74, 6) is -2.05. The molecule has 0 rings (SSSR count). The van der Waals surface area contributed by atoms with Gasteiger partial charge in [0.15, 0.2) is 0 Å². The first-order valence-corrected chi connectivity index (χ1v) is 4.39. The van der Waals surface area contributed by atoms with E-state index < -0.39 is 16.3 Å². The van der Waals surface area contributed by atoms with Crippen LogP contribution in [0, 0.1) is 0 Å². The van der Waals surface area contributed by atoms with Gasteiger partial charge in [-0.15, -0.1) is 0 Å². The second-order valence-corrected chi connectivity index (χ2v) is 4.65. The molecule has 2 N–H and O–H groups in total. The molecule has 0 aliphatic rings. The molecule has 74 valence electrons. The van der Waals surface area contributed by atoms with Gasteiger partial charge in [-0.1, -0.05) is 22.0 Å². The molecule has 0 aromatic heterocycles. The van der Waals surface area contributed by atoms with Crippen LogP contribution >= 0.6 is 15.9 Å². The van der Waals surface area contributed by atoms with Gasteiger partial charge < -0.3 is 10.2 Å². The maximum atomic E-state index is 10.6. The fraction of sp³-hybridized carbons (Fsp3) is 0.500. The first-order chi connectivity index (χ1) is 5.77. The standard InChI is InChI=1S/C8H11BrO4/c1-5(6(10)11)3-4-8(2,9)7(12)13/h3H,4H2,1-2H3,(H,10,11)(H,12,13). The number of aliphatic carboxylic acids is 2. The van der Waals surface area contributed by atoms with E-state index in [2.05, 4.69) is 15.9 Å². The lowest BCUT2D eigenvalue weighted by atomic mass is 10.1. The number of allylic oxidation sites excluding steroid dienone is 1. The van der Waals surface area contributed by atoms with E-state index in [-0.39, 0.29) is 12.0 Å². The van der Waals surface area contributed by atoms with Crippen molar-refractivity contribution in [3.05, 3.63) is 11.6 Å². The van der Waals surface area contributed by atoms with Gasteiger partial charge in [0.05, 0.1) is 0 Å². The lowest BCUT2D eigenvalue weighted by Crippen LogP contribution is -2.27. The van der Waals surface area contributed by atoms with Gasteiger partial charge in [-0.25, -0.2) is 4.79 Å². The Kier molecular flexibility index (Phi) is 4.13. The van der Waals surface area contributed by atoms with Gasteiger partial charge in [0, 0.05) is 5.57 Å². The molecule has 0 aliphatic heterocycles. The van der Waals surface area contributed by atoms with Crippen LogP contribution in [0.25, 0.3) is 0 Å². The fourth-order valence-electron chi connectivity index (χ4n) is 0.519. The summed E-state index contributed by atoms with van der Waals surface area (Å²) < 4.78 is -1.09. The Morgan fingerprint density at radius 1 is 1.46 bits per heavy atom. The van der Waals surface area contributed by atoms with E-state index in [1.165, 1.54) is 19.9 Å². The van der Waals surface area contributed by atoms with Crippen LogP contribution < -0.4 is 0 Å². The molecule has 0 heterocycles. The molecule has 13 heavy (non-hydrogen) atoms. The number of hydrogen-bond donors (Lipinski definition) is 2. The predicted molar refractivity (Wildman–Crippen MR) is 51.0 cm³/mol. The van der Waals surface area contributed by atoms with Crippen LogP contribution in [0.4, 0.5) is 0 Å². The Bertz CT molecular complexity index is 255. The Morgan fingerprint density at radius 3 is 2.23 bits per heavy atom. The predicted octanol–water partition coefficient (Wildman–Crippen LogP) is 1.65. The molecule has 0 fully saturated rings. The summed E-state index contributed by atoms with van der Waals surface area (Å²) in [6.45, 7) is 2.90. The van der Waals surface area contributed by atoms with Gasteiger partial charge in [-0.3, -0.25) is 4.79 Å². The summed E-state index contributed by atoms with van der Waals surface area (Å²) in [5, 5.41) is 17.2. The monoisotopic (exact) mass is 250 g/mol. The maximum Gasteiger partial charge on any atom is 0.330 e. The zero-order chi connectivity index (χ0) is 10.6. The van der Waals surface area contributed by atoms with Crippen LogP contribution in [-0.4, -0.2) is 26.5 Å². The first-order valence-electron chi connectivity index (χ1n) is 3.59. The van der Waals surface area contributed by atoms with Crippen molar-refractivity contribution in [3.8, 4) is 0 Å². The number of hydrogen-bond acceptors (Lipinski definition) is 2. The molecule has 0 amide bonds. The van der Waals surface area contributed by atoms with E-state index in [1.54, 1.807) is 0 Å². The summed E-state index contributed by atoms with van der Waals surface area (Å²) in [6, 6.07) is 0. The van der Waals surface area contributed by atoms with Gasteiger partial charge >= 0.3 is 11.9 Å². The first kappa shape index (κ1) is 12.2. The van der Waals surface area contributed by atoms with Crippen LogP contribution in [0.2, 0.25) is 0 Å². The molecule has 0 radical (unpaired) electrons. The average Bonchev–Trinajstić information content (AvgIpc) is 1.99. The molecule has 0 saturated carbocycles. The molecule has 0 aromatic carbocycles. The van der Waals surface area contributed by atoms with E-state index in [0.717, 1.165) is 0 Å². The number of carbonyl (C=O) groups is 2. The minimum atomic E-state index is -1.09. The van der Waals surface area contributed by atoms with Crippen LogP contribution in [0.1, 0.15) is 20.3 Å². The SMILES string of the molecule is CC(=CCC(C)(Br)C(=O)O)C(=O)O. The van der Waals surface area contributed by atoms with Crippen LogP contribution in [0.3, 0.4) is 0 Å². The number of rotatable bonds is 4. The van der Waals surface area contributed by atoms with E-state index in [0.29, 0.717) is 0 Å². The highest BCUT2D eigenvalue weighted by Crippen LogP contribution is 2.23. The van der Waals surface area contributed by atoms with Crippen LogP contribution in [-0.2, 0) is 9.59 Å². The summed E-state index contributed by atoms with van der Waals surface area (Å²) in [4.78, 5) is 20.9. The molecule has 4 nitrogen and oxygen atoms in total. The largest absolute Gasteiger partial charge is 0.480 e.